The lowest BCUT2D eigenvalue weighted by Gasteiger charge is -2.19. The molecule has 1 N–H and O–H groups in total. The summed E-state index contributed by atoms with van der Waals surface area (Å²) in [6.45, 7) is 5.17. The third kappa shape index (κ3) is 3.73. The van der Waals surface area contributed by atoms with Crippen LogP contribution in [-0.2, 0) is 11.2 Å². The summed E-state index contributed by atoms with van der Waals surface area (Å²) in [5.41, 5.74) is 6.34. The molecule has 0 spiro atoms. The number of benzene rings is 2. The predicted octanol–water partition coefficient (Wildman–Crippen LogP) is 4.44. The van der Waals surface area contributed by atoms with Gasteiger partial charge in [-0.3, -0.25) is 4.79 Å². The van der Waals surface area contributed by atoms with Gasteiger partial charge >= 0.3 is 0 Å². The van der Waals surface area contributed by atoms with Crippen LogP contribution in [0, 0.1) is 13.8 Å². The van der Waals surface area contributed by atoms with Crippen molar-refractivity contribution in [2.24, 2.45) is 0 Å². The Morgan fingerprint density at radius 2 is 2.11 bits per heavy atom. The van der Waals surface area contributed by atoms with E-state index in [0.717, 1.165) is 40.5 Å². The predicted molar refractivity (Wildman–Crippen MR) is 115 cm³/mol. The Morgan fingerprint density at radius 1 is 1.25 bits per heavy atom. The van der Waals surface area contributed by atoms with Crippen molar-refractivity contribution in [2.75, 3.05) is 30.4 Å². The maximum absolute atomic E-state index is 12.6. The van der Waals surface area contributed by atoms with Crippen molar-refractivity contribution in [3.05, 3.63) is 57.9 Å². The number of hydrogen-bond donors (Lipinski definition) is 1. The fraction of sp³-hybridized carbons (Fsp3) is 0.273. The summed E-state index contributed by atoms with van der Waals surface area (Å²) in [5, 5.41) is 6.15. The van der Waals surface area contributed by atoms with Gasteiger partial charge in [-0.2, -0.15) is 0 Å². The molecule has 0 fully saturated rings. The maximum atomic E-state index is 12.6. The first-order chi connectivity index (χ1) is 13.5. The topological polar surface area (TPSA) is 54.5 Å². The number of methoxy groups -OCH3 is 1. The van der Waals surface area contributed by atoms with Gasteiger partial charge in [0.25, 0.3) is 0 Å². The maximum Gasteiger partial charge on any atom is 0.243 e. The van der Waals surface area contributed by atoms with E-state index in [1.807, 2.05) is 32.0 Å². The molecule has 2 heterocycles. The summed E-state index contributed by atoms with van der Waals surface area (Å²) in [6.07, 6.45) is 0.938. The minimum absolute atomic E-state index is 0.0454. The molecule has 0 saturated carbocycles. The van der Waals surface area contributed by atoms with Gasteiger partial charge in [0.15, 0.2) is 0 Å². The van der Waals surface area contributed by atoms with Gasteiger partial charge in [-0.15, -0.1) is 11.3 Å². The number of hydrogen-bond acceptors (Lipinski definition) is 5. The minimum Gasteiger partial charge on any atom is -0.495 e. The van der Waals surface area contributed by atoms with Crippen LogP contribution in [0.2, 0.25) is 0 Å². The van der Waals surface area contributed by atoms with E-state index in [-0.39, 0.29) is 5.91 Å². The molecule has 6 heteroatoms. The van der Waals surface area contributed by atoms with E-state index in [1.165, 1.54) is 5.56 Å². The van der Waals surface area contributed by atoms with Crippen LogP contribution >= 0.6 is 11.3 Å². The zero-order chi connectivity index (χ0) is 19.7. The molecule has 1 aliphatic heterocycles. The lowest BCUT2D eigenvalue weighted by atomic mass is 10.1. The number of nitrogens with one attached hydrogen (secondary N) is 1. The summed E-state index contributed by atoms with van der Waals surface area (Å²) >= 11 is 1.66. The normalized spacial score (nSPS) is 12.8. The highest BCUT2D eigenvalue weighted by molar-refractivity contribution is 7.09. The molecule has 5 nitrogen and oxygen atoms in total. The monoisotopic (exact) mass is 393 g/mol. The summed E-state index contributed by atoms with van der Waals surface area (Å²) in [7, 11) is 1.61. The smallest absolute Gasteiger partial charge is 0.243 e. The quantitative estimate of drug-likeness (QED) is 0.696. The van der Waals surface area contributed by atoms with E-state index < -0.39 is 0 Å². The number of ether oxygens (including phenoxy) is 1. The third-order valence-electron chi connectivity index (χ3n) is 4.95. The highest BCUT2D eigenvalue weighted by Gasteiger charge is 2.22. The summed E-state index contributed by atoms with van der Waals surface area (Å²) in [4.78, 5) is 19.3. The van der Waals surface area contributed by atoms with E-state index in [0.29, 0.717) is 18.0 Å². The van der Waals surface area contributed by atoms with Crippen molar-refractivity contribution in [2.45, 2.75) is 20.3 Å². The van der Waals surface area contributed by atoms with Crippen LogP contribution in [0.15, 0.2) is 41.8 Å². The Morgan fingerprint density at radius 3 is 2.86 bits per heavy atom. The Hall–Kier alpha value is -2.86. The number of thiazole rings is 1. The summed E-state index contributed by atoms with van der Waals surface area (Å²) in [6, 6.07) is 12.2. The van der Waals surface area contributed by atoms with Crippen molar-refractivity contribution in [1.82, 2.24) is 4.98 Å². The first kappa shape index (κ1) is 18.5. The van der Waals surface area contributed by atoms with E-state index in [2.05, 4.69) is 38.8 Å². The number of carbonyl (C=O) groups excluding carboxylic acids is 1. The molecule has 0 unspecified atom stereocenters. The van der Waals surface area contributed by atoms with Gasteiger partial charge in [0.05, 0.1) is 30.0 Å². The van der Waals surface area contributed by atoms with E-state index in [4.69, 9.17) is 4.74 Å². The van der Waals surface area contributed by atoms with Gasteiger partial charge in [0, 0.05) is 23.2 Å². The Balaban J connectivity index is 1.48. The number of rotatable bonds is 5. The molecule has 0 saturated heterocycles. The fourth-order valence-corrected chi connectivity index (χ4v) is 4.19. The highest BCUT2D eigenvalue weighted by atomic mass is 32.1. The molecule has 0 radical (unpaired) electrons. The summed E-state index contributed by atoms with van der Waals surface area (Å²) in [5.74, 6) is 0.625. The first-order valence-electron chi connectivity index (χ1n) is 9.28. The standard InChI is InChI=1S/C22H23N3O2S/c1-14-4-7-21(27-3)18(10-14)24-22(26)12-25-9-8-17-11-16(5-6-20(17)25)19-13-28-15(2)23-19/h4-7,10-11,13H,8-9,12H2,1-3H3,(H,24,26). The van der Waals surface area contributed by atoms with Crippen molar-refractivity contribution in [3.8, 4) is 17.0 Å². The van der Waals surface area contributed by atoms with Crippen LogP contribution in [-0.4, -0.2) is 31.1 Å². The van der Waals surface area contributed by atoms with Crippen LogP contribution in [0.4, 0.5) is 11.4 Å². The van der Waals surface area contributed by atoms with Crippen LogP contribution in [0.3, 0.4) is 0 Å². The van der Waals surface area contributed by atoms with Crippen LogP contribution in [0.25, 0.3) is 11.3 Å². The zero-order valence-corrected chi connectivity index (χ0v) is 17.1. The molecular weight excluding hydrogens is 370 g/mol. The largest absolute Gasteiger partial charge is 0.495 e. The lowest BCUT2D eigenvalue weighted by Crippen LogP contribution is -2.32. The van der Waals surface area contributed by atoms with Gasteiger partial charge < -0.3 is 15.0 Å². The number of aromatic nitrogens is 1. The van der Waals surface area contributed by atoms with E-state index in [9.17, 15) is 4.79 Å². The number of anilines is 2. The molecule has 3 aromatic rings. The molecule has 144 valence electrons. The van der Waals surface area contributed by atoms with Crippen molar-refractivity contribution in [3.63, 3.8) is 0 Å². The number of nitrogens with zero attached hydrogens (tertiary/aromatic N) is 2. The molecule has 28 heavy (non-hydrogen) atoms. The van der Waals surface area contributed by atoms with Gasteiger partial charge in [-0.25, -0.2) is 4.98 Å². The molecule has 1 aromatic heterocycles. The Labute approximate surface area is 169 Å². The molecule has 1 aliphatic rings. The second-order valence-electron chi connectivity index (χ2n) is 7.02. The number of amides is 1. The highest BCUT2D eigenvalue weighted by Crippen LogP contribution is 2.33. The molecule has 0 atom stereocenters. The molecule has 1 amide bonds. The average Bonchev–Trinajstić information content (AvgIpc) is 3.28. The molecule has 0 aliphatic carbocycles. The second kappa shape index (κ2) is 7.64. The van der Waals surface area contributed by atoms with E-state index >= 15 is 0 Å². The third-order valence-corrected chi connectivity index (χ3v) is 5.72. The average molecular weight is 394 g/mol. The lowest BCUT2D eigenvalue weighted by molar-refractivity contribution is -0.115. The SMILES string of the molecule is COc1ccc(C)cc1NC(=O)CN1CCc2cc(-c3csc(C)n3)ccc21. The molecule has 2 aromatic carbocycles. The van der Waals surface area contributed by atoms with Crippen LogP contribution < -0.4 is 15.0 Å². The number of carbonyl (C=O) groups is 1. The van der Waals surface area contributed by atoms with Gasteiger partial charge in [-0.05, 0) is 55.7 Å². The Kier molecular flexibility index (Phi) is 5.05. The van der Waals surface area contributed by atoms with Crippen molar-refractivity contribution in [1.29, 1.82) is 0 Å². The van der Waals surface area contributed by atoms with Crippen LogP contribution in [0.5, 0.6) is 5.75 Å². The fourth-order valence-electron chi connectivity index (χ4n) is 3.57. The molecule has 0 bridgehead atoms. The van der Waals surface area contributed by atoms with E-state index in [1.54, 1.807) is 18.4 Å². The summed E-state index contributed by atoms with van der Waals surface area (Å²) < 4.78 is 5.35. The Bertz CT molecular complexity index is 1030. The number of aryl methyl sites for hydroxylation is 2. The second-order valence-corrected chi connectivity index (χ2v) is 8.08. The van der Waals surface area contributed by atoms with Gasteiger partial charge in [0.2, 0.25) is 5.91 Å². The number of fused-ring (bicyclic) bond motifs is 1. The zero-order valence-electron chi connectivity index (χ0n) is 16.3. The minimum atomic E-state index is -0.0454. The molecular formula is C22H23N3O2S. The first-order valence-corrected chi connectivity index (χ1v) is 10.2. The van der Waals surface area contributed by atoms with Gasteiger partial charge in [-0.1, -0.05) is 12.1 Å². The van der Waals surface area contributed by atoms with Crippen LogP contribution in [0.1, 0.15) is 16.1 Å². The van der Waals surface area contributed by atoms with Crippen molar-refractivity contribution < 1.29 is 9.53 Å². The molecule has 4 rings (SSSR count). The van der Waals surface area contributed by atoms with Crippen molar-refractivity contribution >= 4 is 28.6 Å². The van der Waals surface area contributed by atoms with Gasteiger partial charge in [0.1, 0.15) is 5.75 Å².